The Hall–Kier alpha value is -3.99. The molecule has 0 saturated heterocycles. The zero-order chi connectivity index (χ0) is 24.0. The van der Waals surface area contributed by atoms with Crippen molar-refractivity contribution in [3.63, 3.8) is 0 Å². The number of nitrogens with zero attached hydrogens (tertiary/aromatic N) is 4. The Bertz CT molecular complexity index is 1620. The normalized spacial score (nSPS) is 13.3. The van der Waals surface area contributed by atoms with Crippen molar-refractivity contribution in [2.45, 2.75) is 31.0 Å². The fourth-order valence-electron chi connectivity index (χ4n) is 3.74. The molecule has 1 aliphatic carbocycles. The van der Waals surface area contributed by atoms with Crippen LogP contribution in [0.5, 0.6) is 0 Å². The third-order valence-corrected chi connectivity index (χ3v) is 6.51. The molecule has 0 unspecified atom stereocenters. The summed E-state index contributed by atoms with van der Waals surface area (Å²) < 4.78 is 2.61. The van der Waals surface area contributed by atoms with Crippen LogP contribution in [0.2, 0.25) is 0 Å². The van der Waals surface area contributed by atoms with Gasteiger partial charge in [0.2, 0.25) is 0 Å². The van der Waals surface area contributed by atoms with Crippen LogP contribution in [0.3, 0.4) is 0 Å². The number of aromatic nitrogens is 5. The molecular weight excluding hydrogens is 456 g/mol. The molecule has 3 N–H and O–H groups in total. The third kappa shape index (κ3) is 3.83. The number of H-pyrrole nitrogens is 1. The molecule has 5 rings (SSSR count). The molecule has 3 aromatic heterocycles. The van der Waals surface area contributed by atoms with Crippen molar-refractivity contribution in [3.05, 3.63) is 84.9 Å². The first-order valence-electron chi connectivity index (χ1n) is 10.6. The van der Waals surface area contributed by atoms with Crippen LogP contribution >= 0.6 is 11.8 Å². The molecule has 172 valence electrons. The maximum atomic E-state index is 13.3. The lowest BCUT2D eigenvalue weighted by molar-refractivity contribution is 0.102. The van der Waals surface area contributed by atoms with Gasteiger partial charge in [0.15, 0.2) is 10.9 Å². The Kier molecular flexibility index (Phi) is 5.40. The Morgan fingerprint density at radius 1 is 1.18 bits per heavy atom. The third-order valence-electron chi connectivity index (χ3n) is 5.58. The number of hydrogen-bond acceptors (Lipinski definition) is 8. The summed E-state index contributed by atoms with van der Waals surface area (Å²) in [5.74, 6) is -0.550. The number of thioether (sulfide) groups is 1. The number of carbonyl (C=O) groups excluding carboxylic acids is 1. The van der Waals surface area contributed by atoms with Crippen molar-refractivity contribution in [2.24, 2.45) is 0 Å². The van der Waals surface area contributed by atoms with Gasteiger partial charge in [-0.05, 0) is 43.5 Å². The predicted molar refractivity (Wildman–Crippen MR) is 129 cm³/mol. The fraction of sp³-hybridized carbons (Fsp3) is 0.217. The first-order chi connectivity index (χ1) is 16.3. The summed E-state index contributed by atoms with van der Waals surface area (Å²) in [6, 6.07) is 10.3. The van der Waals surface area contributed by atoms with E-state index in [4.69, 9.17) is 5.73 Å². The minimum absolute atomic E-state index is 0.108. The number of Topliss-reactive ketones (excluding diaryl/α,β-unsaturated/α-hetero) is 1. The van der Waals surface area contributed by atoms with Gasteiger partial charge in [0.1, 0.15) is 17.2 Å². The molecule has 3 heterocycles. The maximum absolute atomic E-state index is 13.3. The van der Waals surface area contributed by atoms with E-state index in [1.165, 1.54) is 9.13 Å². The number of rotatable bonds is 6. The highest BCUT2D eigenvalue weighted by molar-refractivity contribution is 7.99. The van der Waals surface area contributed by atoms with E-state index in [1.807, 2.05) is 13.0 Å². The quantitative estimate of drug-likeness (QED) is 0.243. The highest BCUT2D eigenvalue weighted by atomic mass is 32.2. The van der Waals surface area contributed by atoms with Crippen molar-refractivity contribution in [1.82, 2.24) is 24.1 Å². The average Bonchev–Trinajstić information content (AvgIpc) is 3.63. The molecule has 0 aliphatic heterocycles. The summed E-state index contributed by atoms with van der Waals surface area (Å²) in [7, 11) is 0. The minimum Gasteiger partial charge on any atom is -0.384 e. The Labute approximate surface area is 196 Å². The van der Waals surface area contributed by atoms with E-state index < -0.39 is 17.0 Å². The first-order valence-corrected chi connectivity index (χ1v) is 11.6. The van der Waals surface area contributed by atoms with Crippen LogP contribution in [0.15, 0.2) is 62.1 Å². The van der Waals surface area contributed by atoms with Crippen LogP contribution in [0.1, 0.15) is 34.8 Å². The molecule has 0 spiro atoms. The summed E-state index contributed by atoms with van der Waals surface area (Å²) in [5.41, 5.74) is 5.43. The van der Waals surface area contributed by atoms with Gasteiger partial charge in [0.05, 0.1) is 16.7 Å². The number of aryl methyl sites for hydroxylation is 1. The largest absolute Gasteiger partial charge is 0.384 e. The monoisotopic (exact) mass is 476 g/mol. The summed E-state index contributed by atoms with van der Waals surface area (Å²) in [5, 5.41) is 0.664. The standard InChI is InChI=1S/C23H20N6O4S/c1-12-6-9-17(25-10-12)29-21(32)14-4-2-3-5-15(14)26-23(29)34-11-16(30)18-19(24)28(13-7-8-13)22(33)27-20(18)31/h2-6,9-10,13H,7-8,11,24H2,1H3,(H,27,31,33). The van der Waals surface area contributed by atoms with Crippen molar-refractivity contribution >= 4 is 34.3 Å². The number of fused-ring (bicyclic) bond motifs is 1. The SMILES string of the molecule is Cc1ccc(-n2c(SCC(=O)c3c(N)n(C4CC4)c(=O)[nH]c3=O)nc3ccccc3c2=O)nc1. The number of para-hydroxylation sites is 1. The van der Waals surface area contributed by atoms with Gasteiger partial charge in [0.25, 0.3) is 11.1 Å². The molecule has 0 radical (unpaired) electrons. The number of anilines is 1. The van der Waals surface area contributed by atoms with Crippen LogP contribution < -0.4 is 22.5 Å². The van der Waals surface area contributed by atoms with Crippen LogP contribution in [0, 0.1) is 6.92 Å². The number of nitrogens with two attached hydrogens (primary N) is 1. The second-order valence-corrected chi connectivity index (χ2v) is 9.02. The van der Waals surface area contributed by atoms with Gasteiger partial charge in [-0.2, -0.15) is 0 Å². The lowest BCUT2D eigenvalue weighted by atomic mass is 10.2. The first kappa shape index (κ1) is 21.8. The van der Waals surface area contributed by atoms with Gasteiger partial charge in [-0.3, -0.25) is 23.9 Å². The lowest BCUT2D eigenvalue weighted by Crippen LogP contribution is -2.36. The van der Waals surface area contributed by atoms with Crippen molar-refractivity contribution < 1.29 is 4.79 Å². The molecule has 1 saturated carbocycles. The molecule has 0 bridgehead atoms. The molecule has 1 aliphatic rings. The molecule has 34 heavy (non-hydrogen) atoms. The Morgan fingerprint density at radius 3 is 2.65 bits per heavy atom. The number of nitrogen functional groups attached to an aromatic ring is 1. The van der Waals surface area contributed by atoms with E-state index >= 15 is 0 Å². The van der Waals surface area contributed by atoms with Crippen molar-refractivity contribution in [2.75, 3.05) is 11.5 Å². The van der Waals surface area contributed by atoms with Crippen LogP contribution in [0.4, 0.5) is 5.82 Å². The molecule has 0 amide bonds. The summed E-state index contributed by atoms with van der Waals surface area (Å²) in [6.45, 7) is 1.88. The van der Waals surface area contributed by atoms with E-state index in [-0.39, 0.29) is 33.9 Å². The van der Waals surface area contributed by atoms with Gasteiger partial charge >= 0.3 is 5.69 Å². The van der Waals surface area contributed by atoms with Crippen LogP contribution in [-0.4, -0.2) is 35.6 Å². The molecular formula is C23H20N6O4S. The zero-order valence-corrected chi connectivity index (χ0v) is 19.0. The zero-order valence-electron chi connectivity index (χ0n) is 18.1. The van der Waals surface area contributed by atoms with Gasteiger partial charge in [0, 0.05) is 12.2 Å². The molecule has 1 aromatic carbocycles. The van der Waals surface area contributed by atoms with Crippen LogP contribution in [0.25, 0.3) is 16.7 Å². The topological polar surface area (TPSA) is 146 Å². The predicted octanol–water partition coefficient (Wildman–Crippen LogP) is 1.83. The molecule has 10 nitrogen and oxygen atoms in total. The van der Waals surface area contributed by atoms with Crippen molar-refractivity contribution in [1.29, 1.82) is 0 Å². The van der Waals surface area contributed by atoms with E-state index in [0.29, 0.717) is 16.7 Å². The number of aromatic amines is 1. The second-order valence-electron chi connectivity index (χ2n) is 8.08. The highest BCUT2D eigenvalue weighted by Crippen LogP contribution is 2.35. The smallest absolute Gasteiger partial charge is 0.330 e. The Morgan fingerprint density at radius 2 is 1.94 bits per heavy atom. The van der Waals surface area contributed by atoms with Crippen LogP contribution in [-0.2, 0) is 0 Å². The summed E-state index contributed by atoms with van der Waals surface area (Å²) in [4.78, 5) is 62.0. The molecule has 4 aromatic rings. The molecule has 1 fully saturated rings. The fourth-order valence-corrected chi connectivity index (χ4v) is 4.61. The highest BCUT2D eigenvalue weighted by Gasteiger charge is 2.30. The summed E-state index contributed by atoms with van der Waals surface area (Å²) >= 11 is 0.996. The number of nitrogens with one attached hydrogen (secondary N) is 1. The van der Waals surface area contributed by atoms with E-state index in [9.17, 15) is 19.2 Å². The Balaban J connectivity index is 1.55. The number of ketones is 1. The van der Waals surface area contributed by atoms with E-state index in [1.54, 1.807) is 36.5 Å². The molecule has 0 atom stereocenters. The average molecular weight is 477 g/mol. The number of benzene rings is 1. The van der Waals surface area contributed by atoms with E-state index in [0.717, 1.165) is 30.2 Å². The van der Waals surface area contributed by atoms with Gasteiger partial charge in [-0.15, -0.1) is 0 Å². The van der Waals surface area contributed by atoms with Crippen molar-refractivity contribution in [3.8, 4) is 5.82 Å². The second kappa shape index (κ2) is 8.41. The van der Waals surface area contributed by atoms with Gasteiger partial charge in [-0.1, -0.05) is 30.0 Å². The van der Waals surface area contributed by atoms with Gasteiger partial charge in [-0.25, -0.2) is 19.3 Å². The number of carbonyl (C=O) groups is 1. The molecule has 11 heteroatoms. The minimum atomic E-state index is -0.825. The summed E-state index contributed by atoms with van der Waals surface area (Å²) in [6.07, 6.45) is 3.16. The van der Waals surface area contributed by atoms with E-state index in [2.05, 4.69) is 15.0 Å². The maximum Gasteiger partial charge on any atom is 0.330 e. The van der Waals surface area contributed by atoms with Gasteiger partial charge < -0.3 is 5.73 Å². The number of hydrogen-bond donors (Lipinski definition) is 2. The lowest BCUT2D eigenvalue weighted by Gasteiger charge is -2.13. The number of pyridine rings is 1.